The first-order valence-electron chi connectivity index (χ1n) is 11.1. The Morgan fingerprint density at radius 2 is 1.76 bits per heavy atom. The maximum Gasteiger partial charge on any atom is 0.336 e. The molecule has 7 nitrogen and oxygen atoms in total. The van der Waals surface area contributed by atoms with E-state index < -0.39 is 11.8 Å². The van der Waals surface area contributed by atoms with Crippen molar-refractivity contribution in [2.45, 2.75) is 52.1 Å². The van der Waals surface area contributed by atoms with Gasteiger partial charge in [-0.2, -0.15) is 8.75 Å². The number of ketones is 1. The molecule has 0 radical (unpaired) electrons. The van der Waals surface area contributed by atoms with Gasteiger partial charge in [0.25, 0.3) is 0 Å². The predicted octanol–water partition coefficient (Wildman–Crippen LogP) is 5.49. The molecule has 1 fully saturated rings. The summed E-state index contributed by atoms with van der Waals surface area (Å²) in [6, 6.07) is 9.53. The van der Waals surface area contributed by atoms with Crippen LogP contribution in [0, 0.1) is 5.92 Å². The predicted molar refractivity (Wildman–Crippen MR) is 127 cm³/mol. The number of carbonyl (C=O) groups excluding carboxylic acids is 1. The molecule has 1 aliphatic rings. The Morgan fingerprint density at radius 3 is 2.42 bits per heavy atom. The highest BCUT2D eigenvalue weighted by atomic mass is 32.1. The lowest BCUT2D eigenvalue weighted by Crippen LogP contribution is -2.15. The third kappa shape index (κ3) is 5.06. The number of nitrogens with zero attached hydrogens (tertiary/aromatic N) is 2. The zero-order valence-corrected chi connectivity index (χ0v) is 19.4. The van der Waals surface area contributed by atoms with Gasteiger partial charge < -0.3 is 14.9 Å². The van der Waals surface area contributed by atoms with Crippen LogP contribution >= 0.6 is 11.7 Å². The highest BCUT2D eigenvalue weighted by Gasteiger charge is 2.28. The highest BCUT2D eigenvalue weighted by molar-refractivity contribution is 7.00. The molecular formula is C25H26N2O5S. The van der Waals surface area contributed by atoms with Gasteiger partial charge in [0.1, 0.15) is 11.0 Å². The summed E-state index contributed by atoms with van der Waals surface area (Å²) >= 11 is 1.06. The van der Waals surface area contributed by atoms with Crippen LogP contribution < -0.4 is 4.74 Å². The Morgan fingerprint density at radius 1 is 1.06 bits per heavy atom. The number of carboxylic acid groups (broad SMARTS) is 1. The van der Waals surface area contributed by atoms with Gasteiger partial charge in [0, 0.05) is 11.1 Å². The molecule has 0 saturated heterocycles. The number of hydrogen-bond donors (Lipinski definition) is 2. The first-order chi connectivity index (χ1) is 15.8. The van der Waals surface area contributed by atoms with Gasteiger partial charge in [-0.05, 0) is 62.1 Å². The van der Waals surface area contributed by atoms with Gasteiger partial charge in [0.05, 0.1) is 23.4 Å². The number of aromatic hydroxyl groups is 1. The fourth-order valence-electron chi connectivity index (χ4n) is 4.36. The number of carbonyl (C=O) groups is 2. The van der Waals surface area contributed by atoms with Gasteiger partial charge in [-0.15, -0.1) is 0 Å². The zero-order valence-electron chi connectivity index (χ0n) is 18.6. The zero-order chi connectivity index (χ0) is 23.5. The number of phenolic OH excluding ortho intramolecular Hbond substituents is 1. The van der Waals surface area contributed by atoms with Crippen LogP contribution in [0.3, 0.4) is 0 Å². The molecule has 33 heavy (non-hydrogen) atoms. The summed E-state index contributed by atoms with van der Waals surface area (Å²) in [6.07, 6.45) is 4.32. The Balaban J connectivity index is 1.81. The Hall–Kier alpha value is -3.26. The van der Waals surface area contributed by atoms with Crippen molar-refractivity contribution >= 4 is 40.1 Å². The molecule has 172 valence electrons. The molecule has 0 spiro atoms. The lowest BCUT2D eigenvalue weighted by atomic mass is 9.86. The second-order valence-corrected chi connectivity index (χ2v) is 9.19. The van der Waals surface area contributed by atoms with Crippen LogP contribution in [0.5, 0.6) is 11.5 Å². The second-order valence-electron chi connectivity index (χ2n) is 8.66. The van der Waals surface area contributed by atoms with Crippen LogP contribution in [0.2, 0.25) is 0 Å². The summed E-state index contributed by atoms with van der Waals surface area (Å²) < 4.78 is 13.9. The molecule has 0 unspecified atom stereocenters. The molecule has 2 N–H and O–H groups in total. The molecule has 1 saturated carbocycles. The van der Waals surface area contributed by atoms with Gasteiger partial charge in [0.2, 0.25) is 0 Å². The number of hydrogen-bond acceptors (Lipinski definition) is 7. The van der Waals surface area contributed by atoms with Gasteiger partial charge in [0.15, 0.2) is 17.3 Å². The lowest BCUT2D eigenvalue weighted by Gasteiger charge is -2.17. The molecule has 0 aliphatic heterocycles. The normalized spacial score (nSPS) is 15.1. The highest BCUT2D eigenvalue weighted by Crippen LogP contribution is 2.36. The Labute approximate surface area is 196 Å². The number of allylic oxidation sites excluding steroid dienone is 1. The van der Waals surface area contributed by atoms with Crippen LogP contribution in [-0.4, -0.2) is 36.8 Å². The minimum Gasteiger partial charge on any atom is -0.504 e. The summed E-state index contributed by atoms with van der Waals surface area (Å²) in [6.45, 7) is 3.68. The fourth-order valence-corrected chi connectivity index (χ4v) is 4.88. The quantitative estimate of drug-likeness (QED) is 0.334. The van der Waals surface area contributed by atoms with Crippen molar-refractivity contribution in [3.8, 4) is 11.5 Å². The minimum absolute atomic E-state index is 0.0243. The smallest absolute Gasteiger partial charge is 0.336 e. The maximum atomic E-state index is 13.7. The number of ether oxygens (including phenoxy) is 1. The van der Waals surface area contributed by atoms with Gasteiger partial charge in [-0.25, -0.2) is 4.79 Å². The summed E-state index contributed by atoms with van der Waals surface area (Å²) in [5, 5.41) is 20.6. The molecule has 2 aromatic carbocycles. The molecule has 1 aliphatic carbocycles. The number of carboxylic acids is 1. The van der Waals surface area contributed by atoms with E-state index in [0.717, 1.165) is 37.4 Å². The third-order valence-electron chi connectivity index (χ3n) is 5.88. The summed E-state index contributed by atoms with van der Waals surface area (Å²) in [5.74, 6) is -1.19. The van der Waals surface area contributed by atoms with Crippen LogP contribution in [0.4, 0.5) is 0 Å². The SMILES string of the molecule is CC(C)Oc1ccc(C(=O)C(CC2CCCC2)=C(C(=O)O)c2ccc3nsnc3c2)cc1O. The van der Waals surface area contributed by atoms with Crippen LogP contribution in [0.25, 0.3) is 16.6 Å². The Kier molecular flexibility index (Phi) is 6.74. The van der Waals surface area contributed by atoms with E-state index in [-0.39, 0.29) is 40.2 Å². The minimum atomic E-state index is -1.16. The molecule has 3 aromatic rings. The largest absolute Gasteiger partial charge is 0.504 e. The first-order valence-corrected chi connectivity index (χ1v) is 11.8. The number of phenols is 1. The van der Waals surface area contributed by atoms with Crippen LogP contribution in [-0.2, 0) is 4.79 Å². The molecule has 0 amide bonds. The molecule has 4 rings (SSSR count). The van der Waals surface area contributed by atoms with E-state index in [1.54, 1.807) is 30.3 Å². The van der Waals surface area contributed by atoms with Gasteiger partial charge in [-0.3, -0.25) is 4.79 Å². The number of fused-ring (bicyclic) bond motifs is 1. The number of Topliss-reactive ketones (excluding diaryl/α,β-unsaturated/α-hetero) is 1. The van der Waals surface area contributed by atoms with E-state index in [1.807, 2.05) is 13.8 Å². The lowest BCUT2D eigenvalue weighted by molar-refractivity contribution is -0.130. The summed E-state index contributed by atoms with van der Waals surface area (Å²) in [5.41, 5.74) is 2.15. The monoisotopic (exact) mass is 466 g/mol. The topological polar surface area (TPSA) is 110 Å². The van der Waals surface area contributed by atoms with E-state index in [2.05, 4.69) is 8.75 Å². The molecular weight excluding hydrogens is 440 g/mol. The van der Waals surface area contributed by atoms with Crippen LogP contribution in [0.1, 0.15) is 61.9 Å². The number of aliphatic carboxylic acids is 1. The average molecular weight is 467 g/mol. The van der Waals surface area contributed by atoms with Crippen LogP contribution in [0.15, 0.2) is 42.0 Å². The number of aromatic nitrogens is 2. The third-order valence-corrected chi connectivity index (χ3v) is 6.44. The molecule has 1 heterocycles. The molecule has 1 aromatic heterocycles. The summed E-state index contributed by atoms with van der Waals surface area (Å²) in [4.78, 5) is 26.1. The number of benzene rings is 2. The second kappa shape index (κ2) is 9.70. The van der Waals surface area contributed by atoms with Gasteiger partial charge in [-0.1, -0.05) is 31.7 Å². The Bertz CT molecular complexity index is 1220. The van der Waals surface area contributed by atoms with E-state index >= 15 is 0 Å². The average Bonchev–Trinajstić information content (AvgIpc) is 3.45. The van der Waals surface area contributed by atoms with Crippen molar-refractivity contribution in [3.63, 3.8) is 0 Å². The van der Waals surface area contributed by atoms with Crippen molar-refractivity contribution in [3.05, 3.63) is 53.1 Å². The molecule has 0 bridgehead atoms. The van der Waals surface area contributed by atoms with Gasteiger partial charge >= 0.3 is 5.97 Å². The molecule has 8 heteroatoms. The number of rotatable bonds is 8. The van der Waals surface area contributed by atoms with Crippen molar-refractivity contribution in [1.82, 2.24) is 8.75 Å². The van der Waals surface area contributed by atoms with E-state index in [0.29, 0.717) is 23.0 Å². The van der Waals surface area contributed by atoms with E-state index in [9.17, 15) is 19.8 Å². The van der Waals surface area contributed by atoms with Crippen molar-refractivity contribution in [1.29, 1.82) is 0 Å². The first kappa shape index (κ1) is 22.9. The standard InChI is InChI=1S/C25H26N2O5S/c1-14(2)32-22-10-8-17(13-21(22)28)24(29)18(11-15-5-3-4-6-15)23(25(30)31)16-7-9-19-20(12-16)27-33-26-19/h7-10,12-15,28H,3-6,11H2,1-2H3,(H,30,31). The summed E-state index contributed by atoms with van der Waals surface area (Å²) in [7, 11) is 0. The van der Waals surface area contributed by atoms with Crippen molar-refractivity contribution < 1.29 is 24.5 Å². The van der Waals surface area contributed by atoms with Crippen molar-refractivity contribution in [2.24, 2.45) is 5.92 Å². The van der Waals surface area contributed by atoms with E-state index in [4.69, 9.17) is 4.74 Å². The van der Waals surface area contributed by atoms with Crippen molar-refractivity contribution in [2.75, 3.05) is 0 Å². The molecule has 0 atom stereocenters. The van der Waals surface area contributed by atoms with E-state index in [1.165, 1.54) is 6.07 Å². The fraction of sp³-hybridized carbons (Fsp3) is 0.360. The maximum absolute atomic E-state index is 13.7.